The van der Waals surface area contributed by atoms with Gasteiger partial charge in [-0.05, 0) is 37.3 Å². The number of rotatable bonds is 6. The molecule has 0 unspecified atom stereocenters. The highest BCUT2D eigenvalue weighted by Gasteiger charge is 2.17. The lowest BCUT2D eigenvalue weighted by Gasteiger charge is -2.13. The molecule has 0 saturated heterocycles. The van der Waals surface area contributed by atoms with Crippen LogP contribution < -0.4 is 10.1 Å². The second-order valence-corrected chi connectivity index (χ2v) is 7.58. The highest BCUT2D eigenvalue weighted by atomic mass is 16.7. The molecule has 0 bridgehead atoms. The Kier molecular flexibility index (Phi) is 6.63. The monoisotopic (exact) mass is 474 g/mol. The summed E-state index contributed by atoms with van der Waals surface area (Å²) in [6.45, 7) is 3.01. The van der Waals surface area contributed by atoms with E-state index < -0.39 is 11.9 Å². The third-order valence-electron chi connectivity index (χ3n) is 4.88. The van der Waals surface area contributed by atoms with E-state index in [1.165, 1.54) is 26.4 Å². The summed E-state index contributed by atoms with van der Waals surface area (Å²) >= 11 is 0. The molecule has 0 fully saturated rings. The smallest absolute Gasteiger partial charge is 0.329 e. The first-order chi connectivity index (χ1) is 16.8. The third kappa shape index (κ3) is 5.56. The summed E-state index contributed by atoms with van der Waals surface area (Å²) in [5.41, 5.74) is 2.69. The van der Waals surface area contributed by atoms with Crippen molar-refractivity contribution in [3.63, 3.8) is 0 Å². The van der Waals surface area contributed by atoms with Crippen molar-refractivity contribution < 1.29 is 28.4 Å². The minimum atomic E-state index is -0.595. The summed E-state index contributed by atoms with van der Waals surface area (Å²) in [7, 11) is 1.36. The van der Waals surface area contributed by atoms with Gasteiger partial charge in [-0.25, -0.2) is 0 Å². The van der Waals surface area contributed by atoms with Gasteiger partial charge in [-0.3, -0.25) is 19.4 Å². The zero-order valence-corrected chi connectivity index (χ0v) is 19.2. The molecular formula is C25H22N4O6. The van der Waals surface area contributed by atoms with Crippen LogP contribution in [-0.4, -0.2) is 39.9 Å². The van der Waals surface area contributed by atoms with Gasteiger partial charge in [0.15, 0.2) is 5.76 Å². The van der Waals surface area contributed by atoms with Gasteiger partial charge in [0, 0.05) is 49.7 Å². The molecule has 0 aliphatic heterocycles. The van der Waals surface area contributed by atoms with E-state index >= 15 is 0 Å². The van der Waals surface area contributed by atoms with Crippen molar-refractivity contribution >= 4 is 23.5 Å². The number of hydrogen-bond acceptors (Lipinski definition) is 7. The van der Waals surface area contributed by atoms with Gasteiger partial charge >= 0.3 is 5.97 Å². The number of anilines is 1. The van der Waals surface area contributed by atoms with Crippen LogP contribution in [0.5, 0.6) is 11.5 Å². The Labute approximate surface area is 200 Å². The van der Waals surface area contributed by atoms with Crippen molar-refractivity contribution in [2.75, 3.05) is 12.4 Å². The van der Waals surface area contributed by atoms with Gasteiger partial charge in [0.2, 0.25) is 0 Å². The van der Waals surface area contributed by atoms with Gasteiger partial charge in [0.25, 0.3) is 11.8 Å². The third-order valence-corrected chi connectivity index (χ3v) is 4.88. The molecule has 0 aliphatic carbocycles. The zero-order chi connectivity index (χ0) is 24.9. The lowest BCUT2D eigenvalue weighted by atomic mass is 10.2. The van der Waals surface area contributed by atoms with Crippen LogP contribution in [0.25, 0.3) is 11.4 Å². The number of hydrogen-bond donors (Lipinski definition) is 2. The van der Waals surface area contributed by atoms with E-state index in [9.17, 15) is 14.4 Å². The number of carbonyl (C=O) groups is 3. The average molecular weight is 474 g/mol. The number of aryl methyl sites for hydroxylation is 1. The molecule has 0 spiro atoms. The fraction of sp³-hybridized carbons (Fsp3) is 0.120. The van der Waals surface area contributed by atoms with Crippen LogP contribution in [0.3, 0.4) is 0 Å². The minimum Gasteiger partial charge on any atom is -0.459 e. The molecule has 10 nitrogen and oxygen atoms in total. The summed E-state index contributed by atoms with van der Waals surface area (Å²) in [6, 6.07) is 13.6. The molecule has 4 rings (SSSR count). The Morgan fingerprint density at radius 2 is 1.89 bits per heavy atom. The van der Waals surface area contributed by atoms with Gasteiger partial charge in [0.1, 0.15) is 11.5 Å². The number of nitrogens with one attached hydrogen (secondary N) is 2. The van der Waals surface area contributed by atoms with Crippen LogP contribution in [0.4, 0.5) is 5.69 Å². The molecule has 0 saturated carbocycles. The molecule has 0 radical (unpaired) electrons. The van der Waals surface area contributed by atoms with Crippen LogP contribution in [0.1, 0.15) is 33.4 Å². The number of aromatic nitrogens is 2. The van der Waals surface area contributed by atoms with E-state index in [1.807, 2.05) is 0 Å². The summed E-state index contributed by atoms with van der Waals surface area (Å²) in [4.78, 5) is 48.0. The van der Waals surface area contributed by atoms with Crippen molar-refractivity contribution in [1.29, 1.82) is 0 Å². The number of nitrogens with zero attached hydrogens (tertiary/aromatic N) is 2. The molecule has 10 heteroatoms. The molecule has 3 heterocycles. The van der Waals surface area contributed by atoms with Crippen LogP contribution in [-0.2, 0) is 9.63 Å². The van der Waals surface area contributed by atoms with Crippen LogP contribution in [0, 0.1) is 6.92 Å². The van der Waals surface area contributed by atoms with Crippen molar-refractivity contribution in [3.05, 3.63) is 84.1 Å². The van der Waals surface area contributed by atoms with Crippen LogP contribution in [0.15, 0.2) is 71.6 Å². The number of pyridine rings is 1. The quantitative estimate of drug-likeness (QED) is 0.392. The maximum atomic E-state index is 12.4. The van der Waals surface area contributed by atoms with E-state index in [2.05, 4.69) is 15.3 Å². The van der Waals surface area contributed by atoms with Crippen LogP contribution >= 0.6 is 0 Å². The molecule has 0 aliphatic rings. The minimum absolute atomic E-state index is 0.248. The van der Waals surface area contributed by atoms with Gasteiger partial charge in [-0.1, -0.05) is 6.07 Å². The summed E-state index contributed by atoms with van der Waals surface area (Å²) in [5, 5.41) is 3.65. The Balaban J connectivity index is 1.47. The van der Waals surface area contributed by atoms with E-state index in [-0.39, 0.29) is 11.7 Å². The number of furan rings is 1. The van der Waals surface area contributed by atoms with E-state index in [0.29, 0.717) is 34.1 Å². The van der Waals surface area contributed by atoms with Gasteiger partial charge in [-0.15, -0.1) is 0 Å². The largest absolute Gasteiger partial charge is 0.459 e. The van der Waals surface area contributed by atoms with Gasteiger partial charge < -0.3 is 24.3 Å². The fourth-order valence-electron chi connectivity index (χ4n) is 3.27. The SMILES string of the molecule is CC(=O)ON(C)C(=O)c1c[nH]c(-c2cc(Oc3cccc(NC(=O)c4occc4C)c3)ccn2)c1. The lowest BCUT2D eigenvalue weighted by Crippen LogP contribution is -2.28. The topological polar surface area (TPSA) is 127 Å². The Morgan fingerprint density at radius 3 is 2.63 bits per heavy atom. The van der Waals surface area contributed by atoms with Gasteiger partial charge in [-0.2, -0.15) is 5.06 Å². The molecule has 3 aromatic heterocycles. The number of amides is 2. The summed E-state index contributed by atoms with van der Waals surface area (Å²) in [5.74, 6) is -0.187. The van der Waals surface area contributed by atoms with Crippen molar-refractivity contribution in [1.82, 2.24) is 15.0 Å². The number of ether oxygens (including phenoxy) is 1. The second-order valence-electron chi connectivity index (χ2n) is 7.58. The fourth-order valence-corrected chi connectivity index (χ4v) is 3.27. The second kappa shape index (κ2) is 9.96. The first kappa shape index (κ1) is 23.3. The maximum Gasteiger partial charge on any atom is 0.329 e. The predicted octanol–water partition coefficient (Wildman–Crippen LogP) is 4.57. The highest BCUT2D eigenvalue weighted by molar-refractivity contribution is 6.03. The van der Waals surface area contributed by atoms with E-state index in [1.54, 1.807) is 61.7 Å². The van der Waals surface area contributed by atoms with Crippen molar-refractivity contribution in [2.24, 2.45) is 0 Å². The number of hydroxylamine groups is 2. The summed E-state index contributed by atoms with van der Waals surface area (Å²) < 4.78 is 11.2. The lowest BCUT2D eigenvalue weighted by molar-refractivity contribution is -0.170. The molecule has 2 amide bonds. The Hall–Kier alpha value is -4.86. The first-order valence-electron chi connectivity index (χ1n) is 10.5. The molecule has 4 aromatic rings. The number of aromatic amines is 1. The number of carbonyl (C=O) groups excluding carboxylic acids is 3. The molecule has 1 aromatic carbocycles. The number of benzene rings is 1. The zero-order valence-electron chi connectivity index (χ0n) is 19.2. The average Bonchev–Trinajstić information content (AvgIpc) is 3.48. The molecule has 178 valence electrons. The number of H-pyrrole nitrogens is 1. The molecule has 35 heavy (non-hydrogen) atoms. The molecule has 0 atom stereocenters. The Morgan fingerprint density at radius 1 is 1.09 bits per heavy atom. The van der Waals surface area contributed by atoms with Crippen molar-refractivity contribution in [2.45, 2.75) is 13.8 Å². The maximum absolute atomic E-state index is 12.4. The van der Waals surface area contributed by atoms with Crippen molar-refractivity contribution in [3.8, 4) is 22.9 Å². The molecule has 2 N–H and O–H groups in total. The Bertz CT molecular complexity index is 1390. The molecular weight excluding hydrogens is 452 g/mol. The normalized spacial score (nSPS) is 10.5. The van der Waals surface area contributed by atoms with E-state index in [0.717, 1.165) is 10.6 Å². The van der Waals surface area contributed by atoms with Crippen LogP contribution in [0.2, 0.25) is 0 Å². The first-order valence-corrected chi connectivity index (χ1v) is 10.5. The van der Waals surface area contributed by atoms with E-state index in [4.69, 9.17) is 14.0 Å². The predicted molar refractivity (Wildman–Crippen MR) is 126 cm³/mol. The summed E-state index contributed by atoms with van der Waals surface area (Å²) in [6.07, 6.45) is 4.54. The highest BCUT2D eigenvalue weighted by Crippen LogP contribution is 2.27. The standard InChI is InChI=1S/C25H22N4O6/c1-15-8-10-33-23(15)24(31)28-18-5-4-6-19(12-18)34-20-7-9-26-22(13-20)21-11-17(14-27-21)25(32)29(3)35-16(2)30/h4-14,27H,1-3H3,(H,28,31). The van der Waals surface area contributed by atoms with Gasteiger partial charge in [0.05, 0.1) is 23.2 Å².